The summed E-state index contributed by atoms with van der Waals surface area (Å²) in [6, 6.07) is 18.8. The van der Waals surface area contributed by atoms with Crippen molar-refractivity contribution in [2.45, 2.75) is 37.5 Å². The standard InChI is InChI=1S/C15H18O4.C11H9NO2/c1-3-18-13(16)12-10-15(12,14(17)19-4-2)11-8-6-5-7-9-11;13-9-8-6-11(8,10(14)12-9)7-4-2-1-3-5-7/h5-9,12H,3-4,10H2,1-2H3;1-5,8H,6H2,(H,12,13,14). The number of rotatable bonds is 6. The molecular formula is C26H27NO6. The zero-order chi connectivity index (χ0) is 23.6. The second kappa shape index (κ2) is 8.81. The number of hydrogen-bond acceptors (Lipinski definition) is 6. The van der Waals surface area contributed by atoms with Crippen LogP contribution in [0.25, 0.3) is 0 Å². The largest absolute Gasteiger partial charge is 0.466 e. The molecule has 2 saturated carbocycles. The number of esters is 2. The predicted octanol–water partition coefficient (Wildman–Crippen LogP) is 2.67. The first-order valence-corrected chi connectivity index (χ1v) is 11.2. The normalized spacial score (nSPS) is 28.5. The van der Waals surface area contributed by atoms with Gasteiger partial charge in [0.1, 0.15) is 5.41 Å². The summed E-state index contributed by atoms with van der Waals surface area (Å²) >= 11 is 0. The van der Waals surface area contributed by atoms with Crippen LogP contribution in [0, 0.1) is 11.8 Å². The van der Waals surface area contributed by atoms with E-state index in [1.807, 2.05) is 60.7 Å². The summed E-state index contributed by atoms with van der Waals surface area (Å²) in [7, 11) is 0. The van der Waals surface area contributed by atoms with Crippen LogP contribution >= 0.6 is 0 Å². The van der Waals surface area contributed by atoms with Crippen molar-refractivity contribution in [3.05, 3.63) is 71.8 Å². The molecule has 2 aromatic rings. The van der Waals surface area contributed by atoms with Crippen molar-refractivity contribution in [1.82, 2.24) is 5.32 Å². The van der Waals surface area contributed by atoms with Crippen LogP contribution in [0.1, 0.15) is 37.8 Å². The van der Waals surface area contributed by atoms with Crippen LogP contribution < -0.4 is 5.32 Å². The Hall–Kier alpha value is -3.48. The molecule has 0 radical (unpaired) electrons. The van der Waals surface area contributed by atoms with Crippen molar-refractivity contribution in [2.75, 3.05) is 13.2 Å². The highest BCUT2D eigenvalue weighted by Crippen LogP contribution is 2.57. The van der Waals surface area contributed by atoms with Gasteiger partial charge in [-0.3, -0.25) is 24.5 Å². The summed E-state index contributed by atoms with van der Waals surface area (Å²) in [6.45, 7) is 4.15. The number of ether oxygens (including phenoxy) is 2. The Labute approximate surface area is 192 Å². The number of benzene rings is 2. The zero-order valence-electron chi connectivity index (χ0n) is 18.7. The number of carbonyl (C=O) groups excluding carboxylic acids is 4. The van der Waals surface area contributed by atoms with Gasteiger partial charge >= 0.3 is 11.9 Å². The quantitative estimate of drug-likeness (QED) is 0.538. The summed E-state index contributed by atoms with van der Waals surface area (Å²) in [5, 5.41) is 2.38. The van der Waals surface area contributed by atoms with E-state index >= 15 is 0 Å². The van der Waals surface area contributed by atoms with Crippen molar-refractivity contribution in [3.63, 3.8) is 0 Å². The lowest BCUT2D eigenvalue weighted by Crippen LogP contribution is -2.30. The molecule has 33 heavy (non-hydrogen) atoms. The third-order valence-electron chi connectivity index (χ3n) is 6.67. The monoisotopic (exact) mass is 449 g/mol. The summed E-state index contributed by atoms with van der Waals surface area (Å²) < 4.78 is 10.2. The van der Waals surface area contributed by atoms with Crippen LogP contribution in [0.2, 0.25) is 0 Å². The molecule has 0 aromatic heterocycles. The molecule has 1 heterocycles. The minimum Gasteiger partial charge on any atom is -0.466 e. The molecule has 2 aromatic carbocycles. The third-order valence-corrected chi connectivity index (χ3v) is 6.67. The summed E-state index contributed by atoms with van der Waals surface area (Å²) in [5.74, 6) is -1.43. The van der Waals surface area contributed by atoms with Gasteiger partial charge in [-0.25, -0.2) is 0 Å². The van der Waals surface area contributed by atoms with Crippen LogP contribution in [-0.2, 0) is 39.5 Å². The van der Waals surface area contributed by atoms with E-state index < -0.39 is 16.7 Å². The Morgan fingerprint density at radius 1 is 0.879 bits per heavy atom. The predicted molar refractivity (Wildman–Crippen MR) is 119 cm³/mol. The summed E-state index contributed by atoms with van der Waals surface area (Å²) in [6.07, 6.45) is 1.15. The molecular weight excluding hydrogens is 422 g/mol. The maximum Gasteiger partial charge on any atom is 0.317 e. The van der Waals surface area contributed by atoms with Gasteiger partial charge in [-0.2, -0.15) is 0 Å². The molecule has 172 valence electrons. The average Bonchev–Trinajstić information content (AvgIpc) is 3.73. The number of carbonyl (C=O) groups is 4. The minimum absolute atomic E-state index is 0.112. The Kier molecular flexibility index (Phi) is 6.06. The topological polar surface area (TPSA) is 98.8 Å². The highest BCUT2D eigenvalue weighted by Gasteiger charge is 2.69. The van der Waals surface area contributed by atoms with Crippen LogP contribution in [0.5, 0.6) is 0 Å². The lowest BCUT2D eigenvalue weighted by Gasteiger charge is -2.16. The van der Waals surface area contributed by atoms with Gasteiger partial charge in [0.25, 0.3) is 0 Å². The Bertz CT molecular complexity index is 1070. The third kappa shape index (κ3) is 3.81. The second-order valence-electron chi connectivity index (χ2n) is 8.48. The van der Waals surface area contributed by atoms with Gasteiger partial charge in [0.2, 0.25) is 11.8 Å². The van der Waals surface area contributed by atoms with Crippen LogP contribution in [0.3, 0.4) is 0 Å². The lowest BCUT2D eigenvalue weighted by atomic mass is 9.93. The maximum atomic E-state index is 12.2. The van der Waals surface area contributed by atoms with E-state index in [1.165, 1.54) is 0 Å². The molecule has 3 aliphatic rings. The molecule has 7 heteroatoms. The minimum atomic E-state index is -0.844. The fraction of sp³-hybridized carbons (Fsp3) is 0.385. The molecule has 1 aliphatic heterocycles. The number of hydrogen-bond donors (Lipinski definition) is 1. The fourth-order valence-corrected chi connectivity index (χ4v) is 4.78. The van der Waals surface area contributed by atoms with Crippen molar-refractivity contribution in [2.24, 2.45) is 11.8 Å². The number of amides is 2. The van der Waals surface area contributed by atoms with Gasteiger partial charge in [0, 0.05) is 0 Å². The molecule has 7 nitrogen and oxygen atoms in total. The van der Waals surface area contributed by atoms with E-state index in [1.54, 1.807) is 13.8 Å². The molecule has 0 bridgehead atoms. The highest BCUT2D eigenvalue weighted by molar-refractivity contribution is 6.15. The second-order valence-corrected chi connectivity index (χ2v) is 8.48. The van der Waals surface area contributed by atoms with Crippen molar-refractivity contribution in [3.8, 4) is 0 Å². The number of nitrogens with one attached hydrogen (secondary N) is 1. The van der Waals surface area contributed by atoms with Gasteiger partial charge in [-0.05, 0) is 37.8 Å². The van der Waals surface area contributed by atoms with Crippen molar-refractivity contribution >= 4 is 23.8 Å². The van der Waals surface area contributed by atoms with Gasteiger partial charge in [-0.1, -0.05) is 60.7 Å². The van der Waals surface area contributed by atoms with E-state index in [4.69, 9.17) is 9.47 Å². The molecule has 3 fully saturated rings. The van der Waals surface area contributed by atoms with Gasteiger partial charge in [0.15, 0.2) is 0 Å². The molecule has 4 unspecified atom stereocenters. The number of imide groups is 1. The molecule has 1 N–H and O–H groups in total. The summed E-state index contributed by atoms with van der Waals surface area (Å²) in [5.41, 5.74) is 0.432. The Morgan fingerprint density at radius 3 is 1.94 bits per heavy atom. The van der Waals surface area contributed by atoms with Crippen LogP contribution in [0.4, 0.5) is 0 Å². The number of piperidine rings is 1. The highest BCUT2D eigenvalue weighted by atomic mass is 16.5. The van der Waals surface area contributed by atoms with E-state index in [0.717, 1.165) is 11.1 Å². The fourth-order valence-electron chi connectivity index (χ4n) is 4.78. The molecule has 1 saturated heterocycles. The van der Waals surface area contributed by atoms with Crippen LogP contribution in [-0.4, -0.2) is 37.0 Å². The van der Waals surface area contributed by atoms with E-state index in [-0.39, 0.29) is 29.7 Å². The Morgan fingerprint density at radius 2 is 1.45 bits per heavy atom. The maximum absolute atomic E-state index is 12.2. The molecule has 2 aliphatic carbocycles. The van der Waals surface area contributed by atoms with Gasteiger partial charge < -0.3 is 9.47 Å². The number of fused-ring (bicyclic) bond motifs is 1. The molecule has 4 atom stereocenters. The zero-order valence-corrected chi connectivity index (χ0v) is 18.7. The van der Waals surface area contributed by atoms with Crippen molar-refractivity contribution < 1.29 is 28.7 Å². The smallest absolute Gasteiger partial charge is 0.317 e. The van der Waals surface area contributed by atoms with Crippen molar-refractivity contribution in [1.29, 1.82) is 0 Å². The van der Waals surface area contributed by atoms with E-state index in [9.17, 15) is 19.2 Å². The van der Waals surface area contributed by atoms with Crippen LogP contribution in [0.15, 0.2) is 60.7 Å². The first kappa shape index (κ1) is 22.7. The molecule has 2 amide bonds. The Balaban J connectivity index is 0.000000163. The van der Waals surface area contributed by atoms with Gasteiger partial charge in [0.05, 0.1) is 30.5 Å². The van der Waals surface area contributed by atoms with E-state index in [2.05, 4.69) is 5.32 Å². The van der Waals surface area contributed by atoms with Gasteiger partial charge in [-0.15, -0.1) is 0 Å². The summed E-state index contributed by atoms with van der Waals surface area (Å²) in [4.78, 5) is 47.0. The van der Waals surface area contributed by atoms with E-state index in [0.29, 0.717) is 26.1 Å². The first-order chi connectivity index (χ1) is 15.9. The first-order valence-electron chi connectivity index (χ1n) is 11.2. The SMILES string of the molecule is CCOC(=O)C1CC1(C(=O)OCC)c1ccccc1.O=C1NC(=O)C2(c3ccccc3)CC12. The lowest BCUT2D eigenvalue weighted by molar-refractivity contribution is -0.152. The molecule has 0 spiro atoms. The average molecular weight is 450 g/mol. The molecule has 5 rings (SSSR count).